The number of nitrogens with one attached hydrogen (secondary N) is 1. The highest BCUT2D eigenvalue weighted by molar-refractivity contribution is 7.89. The smallest absolute Gasteiger partial charge is 0.282 e. The van der Waals surface area contributed by atoms with E-state index in [9.17, 15) is 18.0 Å². The lowest BCUT2D eigenvalue weighted by Crippen LogP contribution is -2.35. The molecule has 4 rings (SSSR count). The van der Waals surface area contributed by atoms with Gasteiger partial charge in [0.15, 0.2) is 0 Å². The van der Waals surface area contributed by atoms with Crippen molar-refractivity contribution in [2.24, 2.45) is 5.14 Å². The first-order valence-electron chi connectivity index (χ1n) is 9.54. The lowest BCUT2D eigenvalue weighted by molar-refractivity contribution is -0.117. The summed E-state index contributed by atoms with van der Waals surface area (Å²) in [4.78, 5) is 25.4. The first-order valence-corrected chi connectivity index (χ1v) is 11.1. The van der Waals surface area contributed by atoms with E-state index < -0.39 is 21.8 Å². The number of hydrazine groups is 1. The van der Waals surface area contributed by atoms with Crippen molar-refractivity contribution in [1.29, 1.82) is 0 Å². The van der Waals surface area contributed by atoms with E-state index in [2.05, 4.69) is 5.43 Å². The fourth-order valence-electron chi connectivity index (χ4n) is 3.31. The summed E-state index contributed by atoms with van der Waals surface area (Å²) in [6, 6.07) is 16.9. The van der Waals surface area contributed by atoms with Gasteiger partial charge in [-0.15, -0.1) is 0 Å². The highest BCUT2D eigenvalue weighted by Crippen LogP contribution is 2.23. The number of aryl methyl sites for hydroxylation is 1. The number of rotatable bonds is 5. The second kappa shape index (κ2) is 7.86. The second-order valence-corrected chi connectivity index (χ2v) is 8.56. The van der Waals surface area contributed by atoms with Gasteiger partial charge >= 0.3 is 0 Å². The Morgan fingerprint density at radius 2 is 1.61 bits per heavy atom. The molecule has 8 nitrogen and oxygen atoms in total. The van der Waals surface area contributed by atoms with Gasteiger partial charge in [0.25, 0.3) is 11.8 Å². The summed E-state index contributed by atoms with van der Waals surface area (Å²) < 4.78 is 24.7. The van der Waals surface area contributed by atoms with Crippen LogP contribution in [-0.2, 0) is 26.0 Å². The number of benzene rings is 2. The number of anilines is 1. The van der Waals surface area contributed by atoms with Crippen LogP contribution in [0.3, 0.4) is 0 Å². The van der Waals surface area contributed by atoms with Crippen LogP contribution in [0, 0.1) is 0 Å². The quantitative estimate of drug-likeness (QED) is 0.471. The van der Waals surface area contributed by atoms with E-state index in [4.69, 9.17) is 5.14 Å². The maximum Gasteiger partial charge on any atom is 0.282 e. The monoisotopic (exact) mass is 436 g/mol. The van der Waals surface area contributed by atoms with Crippen molar-refractivity contribution >= 4 is 33.6 Å². The van der Waals surface area contributed by atoms with Gasteiger partial charge in [-0.05, 0) is 66.6 Å². The zero-order valence-corrected chi connectivity index (χ0v) is 17.5. The fraction of sp³-hybridized carbons (Fsp3) is 0.0909. The first-order chi connectivity index (χ1) is 14.8. The lowest BCUT2D eigenvalue weighted by Gasteiger charge is -2.14. The minimum absolute atomic E-state index is 0.000624. The number of nitrogens with zero attached hydrogens (tertiary/aromatic N) is 2. The van der Waals surface area contributed by atoms with E-state index in [0.29, 0.717) is 17.1 Å². The van der Waals surface area contributed by atoms with Crippen LogP contribution in [0.15, 0.2) is 77.3 Å². The number of carbonyl (C=O) groups is 2. The molecule has 1 aromatic heterocycles. The summed E-state index contributed by atoms with van der Waals surface area (Å²) in [6.45, 7) is 2.04. The molecule has 31 heavy (non-hydrogen) atoms. The molecule has 158 valence electrons. The van der Waals surface area contributed by atoms with Crippen molar-refractivity contribution in [3.63, 3.8) is 0 Å². The molecule has 9 heteroatoms. The van der Waals surface area contributed by atoms with Crippen molar-refractivity contribution < 1.29 is 18.0 Å². The first kappa shape index (κ1) is 20.6. The summed E-state index contributed by atoms with van der Waals surface area (Å²) in [5.74, 6) is -0.950. The molecule has 2 aromatic carbocycles. The number of aromatic nitrogens is 1. The fourth-order valence-corrected chi connectivity index (χ4v) is 3.83. The standard InChI is InChI=1S/C22H20N4O4S/c1-2-15-5-7-17(8-6-15)26-22(28)20(21(27)24-26)14-18-4-3-13-25(18)16-9-11-19(12-10-16)31(23,29)30/h3-14H,2H2,1H3,(H,24,27)(H2,23,29,30)/b20-14+. The minimum Gasteiger partial charge on any atom is -0.317 e. The van der Waals surface area contributed by atoms with Crippen LogP contribution in [0.1, 0.15) is 18.2 Å². The average molecular weight is 436 g/mol. The third kappa shape index (κ3) is 4.00. The van der Waals surface area contributed by atoms with E-state index in [1.165, 1.54) is 23.2 Å². The van der Waals surface area contributed by atoms with Crippen molar-refractivity contribution in [3.8, 4) is 5.69 Å². The molecule has 1 saturated heterocycles. The molecule has 0 radical (unpaired) electrons. The Bertz CT molecular complexity index is 1290. The molecular weight excluding hydrogens is 416 g/mol. The van der Waals surface area contributed by atoms with E-state index in [1.54, 1.807) is 47.2 Å². The van der Waals surface area contributed by atoms with Crippen LogP contribution < -0.4 is 15.6 Å². The average Bonchev–Trinajstić information content (AvgIpc) is 3.33. The second-order valence-electron chi connectivity index (χ2n) is 7.00. The maximum atomic E-state index is 12.9. The Kier molecular flexibility index (Phi) is 5.22. The van der Waals surface area contributed by atoms with Crippen molar-refractivity contribution in [2.75, 3.05) is 5.01 Å². The van der Waals surface area contributed by atoms with Crippen molar-refractivity contribution in [1.82, 2.24) is 9.99 Å². The summed E-state index contributed by atoms with van der Waals surface area (Å²) in [7, 11) is -3.79. The molecule has 0 unspecified atom stereocenters. The maximum absolute atomic E-state index is 12.9. The Morgan fingerprint density at radius 3 is 2.23 bits per heavy atom. The number of sulfonamides is 1. The van der Waals surface area contributed by atoms with Gasteiger partial charge in [0.2, 0.25) is 10.0 Å². The molecule has 1 aliphatic heterocycles. The Hall–Kier alpha value is -3.69. The van der Waals surface area contributed by atoms with Gasteiger partial charge in [-0.3, -0.25) is 15.0 Å². The molecule has 0 atom stereocenters. The van der Waals surface area contributed by atoms with Gasteiger partial charge in [0, 0.05) is 17.6 Å². The number of carbonyl (C=O) groups excluding carboxylic acids is 2. The van der Waals surface area contributed by atoms with E-state index in [-0.39, 0.29) is 10.5 Å². The highest BCUT2D eigenvalue weighted by Gasteiger charge is 2.34. The summed E-state index contributed by atoms with van der Waals surface area (Å²) in [5, 5.41) is 6.37. The van der Waals surface area contributed by atoms with Crippen LogP contribution in [-0.4, -0.2) is 24.8 Å². The zero-order valence-electron chi connectivity index (χ0n) is 16.6. The van der Waals surface area contributed by atoms with Crippen LogP contribution in [0.25, 0.3) is 11.8 Å². The number of primary sulfonamides is 1. The topological polar surface area (TPSA) is 114 Å². The Morgan fingerprint density at radius 1 is 0.968 bits per heavy atom. The largest absolute Gasteiger partial charge is 0.317 e. The van der Waals surface area contributed by atoms with E-state index in [1.807, 2.05) is 19.1 Å². The third-order valence-electron chi connectivity index (χ3n) is 5.01. The molecule has 0 aliphatic carbocycles. The number of hydrogen-bond donors (Lipinski definition) is 2. The Balaban J connectivity index is 1.64. The molecule has 3 aromatic rings. The van der Waals surface area contributed by atoms with Gasteiger partial charge in [0.05, 0.1) is 10.6 Å². The van der Waals surface area contributed by atoms with Gasteiger partial charge in [-0.2, -0.15) is 0 Å². The van der Waals surface area contributed by atoms with Crippen molar-refractivity contribution in [3.05, 3.63) is 83.7 Å². The molecule has 1 fully saturated rings. The van der Waals surface area contributed by atoms with Gasteiger partial charge in [0.1, 0.15) is 5.57 Å². The molecule has 2 amide bonds. The predicted octanol–water partition coefficient (Wildman–Crippen LogP) is 2.15. The summed E-state index contributed by atoms with van der Waals surface area (Å²) >= 11 is 0. The van der Waals surface area contributed by atoms with E-state index in [0.717, 1.165) is 12.0 Å². The van der Waals surface area contributed by atoms with Gasteiger partial charge in [-0.1, -0.05) is 19.1 Å². The highest BCUT2D eigenvalue weighted by atomic mass is 32.2. The van der Waals surface area contributed by atoms with Crippen LogP contribution >= 0.6 is 0 Å². The predicted molar refractivity (Wildman–Crippen MR) is 117 cm³/mol. The molecule has 0 bridgehead atoms. The molecule has 0 saturated carbocycles. The molecule has 2 heterocycles. The summed E-state index contributed by atoms with van der Waals surface area (Å²) in [6.07, 6.45) is 4.13. The van der Waals surface area contributed by atoms with Crippen molar-refractivity contribution in [2.45, 2.75) is 18.2 Å². The SMILES string of the molecule is CCc1ccc(N2NC(=O)/C(=C\c3cccn3-c3ccc(S(N)(=O)=O)cc3)C2=O)cc1. The van der Waals surface area contributed by atoms with Crippen LogP contribution in [0.5, 0.6) is 0 Å². The molecular formula is C22H20N4O4S. The van der Waals surface area contributed by atoms with Crippen LogP contribution in [0.4, 0.5) is 5.69 Å². The van der Waals surface area contributed by atoms with Gasteiger partial charge < -0.3 is 4.57 Å². The van der Waals surface area contributed by atoms with Crippen LogP contribution in [0.2, 0.25) is 0 Å². The molecule has 3 N–H and O–H groups in total. The number of amides is 2. The number of hydrogen-bond acceptors (Lipinski definition) is 4. The molecule has 0 spiro atoms. The molecule has 1 aliphatic rings. The van der Waals surface area contributed by atoms with Gasteiger partial charge in [-0.25, -0.2) is 18.6 Å². The minimum atomic E-state index is -3.79. The number of nitrogens with two attached hydrogens (primary N) is 1. The summed E-state index contributed by atoms with van der Waals surface area (Å²) in [5.41, 5.74) is 5.54. The lowest BCUT2D eigenvalue weighted by atomic mass is 10.1. The van der Waals surface area contributed by atoms with E-state index >= 15 is 0 Å². The third-order valence-corrected chi connectivity index (χ3v) is 5.94. The normalized spacial score (nSPS) is 15.5. The zero-order chi connectivity index (χ0) is 22.2. The Labute approximate surface area is 179 Å².